The number of alkyl carbamates (subject to hydrolysis) is 1. The summed E-state index contributed by atoms with van der Waals surface area (Å²) in [6, 6.07) is 19.6. The van der Waals surface area contributed by atoms with E-state index in [1.807, 2.05) is 57.2 Å². The molecule has 3 rings (SSSR count). The summed E-state index contributed by atoms with van der Waals surface area (Å²) in [6.07, 6.45) is 0.641. The fourth-order valence-electron chi connectivity index (χ4n) is 3.98. The van der Waals surface area contributed by atoms with Crippen LogP contribution in [0.15, 0.2) is 60.7 Å². The molecule has 0 saturated carbocycles. The molecule has 1 fully saturated rings. The Balaban J connectivity index is 1.82. The van der Waals surface area contributed by atoms with Crippen LogP contribution in [0, 0.1) is 5.92 Å². The number of benzene rings is 2. The number of ether oxygens (including phenoxy) is 1. The van der Waals surface area contributed by atoms with Crippen molar-refractivity contribution in [2.24, 2.45) is 5.92 Å². The first kappa shape index (κ1) is 22.0. The number of hydrogen-bond donors (Lipinski definition) is 2. The number of nitrogens with one attached hydrogen (secondary N) is 2. The molecule has 1 amide bonds. The fraction of sp³-hybridized carbons (Fsp3) is 0.440. The van der Waals surface area contributed by atoms with Crippen LogP contribution in [0.4, 0.5) is 4.79 Å². The van der Waals surface area contributed by atoms with Crippen molar-refractivity contribution < 1.29 is 14.3 Å². The maximum atomic E-state index is 13.5. The number of hydrogen-bond acceptors (Lipinski definition) is 4. The van der Waals surface area contributed by atoms with Crippen molar-refractivity contribution in [3.05, 3.63) is 71.8 Å². The molecule has 1 saturated heterocycles. The van der Waals surface area contributed by atoms with Crippen molar-refractivity contribution >= 4 is 11.9 Å². The highest BCUT2D eigenvalue weighted by atomic mass is 16.6. The highest BCUT2D eigenvalue weighted by Crippen LogP contribution is 2.30. The molecule has 0 aliphatic carbocycles. The van der Waals surface area contributed by atoms with Crippen molar-refractivity contribution in [1.29, 1.82) is 0 Å². The molecule has 2 aromatic carbocycles. The molecule has 0 aromatic heterocycles. The zero-order chi connectivity index (χ0) is 21.6. The molecule has 0 radical (unpaired) electrons. The zero-order valence-electron chi connectivity index (χ0n) is 18.1. The van der Waals surface area contributed by atoms with Crippen molar-refractivity contribution in [2.75, 3.05) is 13.1 Å². The van der Waals surface area contributed by atoms with Crippen LogP contribution in [0.25, 0.3) is 0 Å². The van der Waals surface area contributed by atoms with Gasteiger partial charge in [0.2, 0.25) is 0 Å². The van der Waals surface area contributed by atoms with Crippen LogP contribution in [0.2, 0.25) is 0 Å². The summed E-state index contributed by atoms with van der Waals surface area (Å²) >= 11 is 0. The van der Waals surface area contributed by atoms with Crippen LogP contribution in [0.3, 0.4) is 0 Å². The van der Waals surface area contributed by atoms with Crippen molar-refractivity contribution in [3.63, 3.8) is 0 Å². The molecule has 30 heavy (non-hydrogen) atoms. The molecular formula is C25H32N2O3. The lowest BCUT2D eigenvalue weighted by Crippen LogP contribution is -2.48. The van der Waals surface area contributed by atoms with Gasteiger partial charge < -0.3 is 15.4 Å². The molecule has 2 aromatic rings. The van der Waals surface area contributed by atoms with Gasteiger partial charge in [0.15, 0.2) is 5.78 Å². The summed E-state index contributed by atoms with van der Waals surface area (Å²) in [5, 5.41) is 6.17. The summed E-state index contributed by atoms with van der Waals surface area (Å²) < 4.78 is 5.43. The standard InChI is InChI=1S/C25H32N2O3/c1-25(2,3)30-24(29)27-23(20-14-15-26-17-20)22(28)16-21(18-10-6-4-7-11-18)19-12-8-5-9-13-19/h4-13,20-21,23,26H,14-17H2,1-3H3,(H,27,29). The molecule has 2 N–H and O–H groups in total. The third kappa shape index (κ3) is 6.17. The predicted octanol–water partition coefficient (Wildman–Crippen LogP) is 4.28. The van der Waals surface area contributed by atoms with Gasteiger partial charge in [0, 0.05) is 24.8 Å². The van der Waals surface area contributed by atoms with E-state index in [-0.39, 0.29) is 17.6 Å². The number of Topliss-reactive ketones (excluding diaryl/α,β-unsaturated/α-hetero) is 1. The lowest BCUT2D eigenvalue weighted by molar-refractivity contribution is -0.122. The van der Waals surface area contributed by atoms with E-state index < -0.39 is 17.7 Å². The van der Waals surface area contributed by atoms with E-state index in [1.165, 1.54) is 0 Å². The molecule has 0 spiro atoms. The molecule has 2 unspecified atom stereocenters. The minimum Gasteiger partial charge on any atom is -0.444 e. The lowest BCUT2D eigenvalue weighted by atomic mass is 9.83. The van der Waals surface area contributed by atoms with Gasteiger partial charge in [-0.25, -0.2) is 4.79 Å². The molecule has 5 nitrogen and oxygen atoms in total. The molecular weight excluding hydrogens is 376 g/mol. The Morgan fingerprint density at radius 1 is 1.03 bits per heavy atom. The van der Waals surface area contributed by atoms with Gasteiger partial charge in [-0.2, -0.15) is 0 Å². The summed E-state index contributed by atoms with van der Waals surface area (Å²) in [5.41, 5.74) is 1.58. The Hall–Kier alpha value is -2.66. The quantitative estimate of drug-likeness (QED) is 0.718. The molecule has 1 aliphatic heterocycles. The van der Waals surface area contributed by atoms with Gasteiger partial charge in [0.1, 0.15) is 5.60 Å². The maximum Gasteiger partial charge on any atom is 0.408 e. The Bertz CT molecular complexity index is 785. The van der Waals surface area contributed by atoms with Crippen LogP contribution in [-0.4, -0.2) is 36.6 Å². The van der Waals surface area contributed by atoms with Gasteiger partial charge in [0.25, 0.3) is 0 Å². The van der Waals surface area contributed by atoms with E-state index in [2.05, 4.69) is 34.9 Å². The van der Waals surface area contributed by atoms with Gasteiger partial charge in [-0.15, -0.1) is 0 Å². The number of carbonyl (C=O) groups is 2. The fourth-order valence-corrected chi connectivity index (χ4v) is 3.98. The van der Waals surface area contributed by atoms with Crippen LogP contribution in [0.1, 0.15) is 50.7 Å². The van der Waals surface area contributed by atoms with Crippen molar-refractivity contribution in [1.82, 2.24) is 10.6 Å². The van der Waals surface area contributed by atoms with Gasteiger partial charge >= 0.3 is 6.09 Å². The van der Waals surface area contributed by atoms with Crippen molar-refractivity contribution in [3.8, 4) is 0 Å². The van der Waals surface area contributed by atoms with Gasteiger partial charge in [0.05, 0.1) is 6.04 Å². The normalized spacial score (nSPS) is 17.5. The third-order valence-corrected chi connectivity index (χ3v) is 5.40. The van der Waals surface area contributed by atoms with Crippen LogP contribution >= 0.6 is 0 Å². The van der Waals surface area contributed by atoms with E-state index >= 15 is 0 Å². The largest absolute Gasteiger partial charge is 0.444 e. The van der Waals surface area contributed by atoms with Crippen LogP contribution in [-0.2, 0) is 9.53 Å². The average molecular weight is 409 g/mol. The second-order valence-electron chi connectivity index (χ2n) is 8.92. The van der Waals surface area contributed by atoms with E-state index in [0.29, 0.717) is 13.0 Å². The molecule has 160 valence electrons. The number of amides is 1. The number of carbonyl (C=O) groups excluding carboxylic acids is 2. The molecule has 2 atom stereocenters. The first-order valence-electron chi connectivity index (χ1n) is 10.7. The molecule has 1 heterocycles. The predicted molar refractivity (Wildman–Crippen MR) is 118 cm³/mol. The monoisotopic (exact) mass is 408 g/mol. The van der Waals surface area contributed by atoms with Crippen molar-refractivity contribution in [2.45, 2.75) is 51.2 Å². The molecule has 0 bridgehead atoms. The summed E-state index contributed by atoms with van der Waals surface area (Å²) in [7, 11) is 0. The van der Waals surface area contributed by atoms with Gasteiger partial charge in [-0.1, -0.05) is 60.7 Å². The highest BCUT2D eigenvalue weighted by molar-refractivity contribution is 5.88. The van der Waals surface area contributed by atoms with E-state index in [0.717, 1.165) is 24.1 Å². The molecule has 1 aliphatic rings. The topological polar surface area (TPSA) is 67.4 Å². The first-order valence-corrected chi connectivity index (χ1v) is 10.7. The summed E-state index contributed by atoms with van der Waals surface area (Å²) in [4.78, 5) is 25.9. The first-order chi connectivity index (χ1) is 14.3. The Labute approximate surface area is 179 Å². The molecule has 5 heteroatoms. The van der Waals surface area contributed by atoms with E-state index in [1.54, 1.807) is 0 Å². The van der Waals surface area contributed by atoms with Gasteiger partial charge in [-0.3, -0.25) is 4.79 Å². The Morgan fingerprint density at radius 3 is 2.07 bits per heavy atom. The smallest absolute Gasteiger partial charge is 0.408 e. The average Bonchev–Trinajstić information content (AvgIpc) is 3.24. The number of ketones is 1. The lowest BCUT2D eigenvalue weighted by Gasteiger charge is -2.27. The summed E-state index contributed by atoms with van der Waals surface area (Å²) in [6.45, 7) is 7.03. The minimum atomic E-state index is -0.609. The zero-order valence-corrected chi connectivity index (χ0v) is 18.1. The number of rotatable bonds is 7. The van der Waals surface area contributed by atoms with Crippen LogP contribution in [0.5, 0.6) is 0 Å². The Morgan fingerprint density at radius 2 is 1.60 bits per heavy atom. The van der Waals surface area contributed by atoms with E-state index in [9.17, 15) is 9.59 Å². The van der Waals surface area contributed by atoms with E-state index in [4.69, 9.17) is 4.74 Å². The third-order valence-electron chi connectivity index (χ3n) is 5.40. The SMILES string of the molecule is CC(C)(C)OC(=O)NC(C(=O)CC(c1ccccc1)c1ccccc1)C1CCNC1. The second kappa shape index (κ2) is 9.90. The maximum absolute atomic E-state index is 13.5. The second-order valence-corrected chi connectivity index (χ2v) is 8.92. The summed E-state index contributed by atoms with van der Waals surface area (Å²) in [5.74, 6) is 0.0432. The van der Waals surface area contributed by atoms with Crippen LogP contribution < -0.4 is 10.6 Å². The van der Waals surface area contributed by atoms with Gasteiger partial charge in [-0.05, 0) is 44.9 Å². The Kier molecular flexibility index (Phi) is 7.27. The minimum absolute atomic E-state index is 0.0345. The highest BCUT2D eigenvalue weighted by Gasteiger charge is 2.34.